The molecule has 0 unspecified atom stereocenters. The van der Waals surface area contributed by atoms with Gasteiger partial charge in [-0.15, -0.1) is 0 Å². The Morgan fingerprint density at radius 2 is 1.65 bits per heavy atom. The molecular weight excluding hydrogens is 621 g/mol. The highest BCUT2D eigenvalue weighted by molar-refractivity contribution is 6.13. The minimum Gasteiger partial charge on any atom is -0.496 e. The van der Waals surface area contributed by atoms with Gasteiger partial charge in [0.05, 0.1) is 18.2 Å². The van der Waals surface area contributed by atoms with E-state index < -0.39 is 0 Å². The molecule has 2 amide bonds. The second kappa shape index (κ2) is 13.7. The fourth-order valence-electron chi connectivity index (χ4n) is 7.06. The van der Waals surface area contributed by atoms with Crippen LogP contribution in [-0.2, 0) is 0 Å². The SMILES string of the molecule is CCN(CC)c1cc2oc(-c3ccc(Oc4cccc(F)c4)cc3)c(C(=O)NC)c2cc1-c1ccc(OC)c(C(=O)NC2(C)CC(C)C2)c1. The summed E-state index contributed by atoms with van der Waals surface area (Å²) in [6.45, 7) is 9.90. The topological polar surface area (TPSA) is 93.0 Å². The van der Waals surface area contributed by atoms with E-state index in [1.165, 1.54) is 12.1 Å². The zero-order valence-corrected chi connectivity index (χ0v) is 28.8. The molecular formula is C40H42FN3O5. The summed E-state index contributed by atoms with van der Waals surface area (Å²) in [5.41, 5.74) is 4.40. The predicted octanol–water partition coefficient (Wildman–Crippen LogP) is 8.83. The van der Waals surface area contributed by atoms with Gasteiger partial charge in [0.1, 0.15) is 34.4 Å². The van der Waals surface area contributed by atoms with Crippen LogP contribution in [0, 0.1) is 11.7 Å². The summed E-state index contributed by atoms with van der Waals surface area (Å²) >= 11 is 0. The number of halogens is 1. The van der Waals surface area contributed by atoms with E-state index in [1.54, 1.807) is 38.4 Å². The fraction of sp³-hybridized carbons (Fsp3) is 0.300. The number of nitrogens with zero attached hydrogens (tertiary/aromatic N) is 1. The van der Waals surface area contributed by atoms with E-state index in [9.17, 15) is 14.0 Å². The molecule has 0 aliphatic heterocycles. The maximum atomic E-state index is 13.7. The minimum absolute atomic E-state index is 0.181. The van der Waals surface area contributed by atoms with Gasteiger partial charge in [-0.25, -0.2) is 4.39 Å². The summed E-state index contributed by atoms with van der Waals surface area (Å²) in [5, 5.41) is 6.64. The summed E-state index contributed by atoms with van der Waals surface area (Å²) in [4.78, 5) is 29.4. The third-order valence-electron chi connectivity index (χ3n) is 9.28. The number of benzene rings is 4. The van der Waals surface area contributed by atoms with E-state index >= 15 is 0 Å². The lowest BCUT2D eigenvalue weighted by Crippen LogP contribution is -2.54. The Bertz CT molecular complexity index is 2010. The van der Waals surface area contributed by atoms with Gasteiger partial charge in [-0.2, -0.15) is 0 Å². The van der Waals surface area contributed by atoms with Crippen molar-refractivity contribution in [3.8, 4) is 39.7 Å². The van der Waals surface area contributed by atoms with Crippen molar-refractivity contribution >= 4 is 28.5 Å². The van der Waals surface area contributed by atoms with Crippen molar-refractivity contribution in [3.05, 3.63) is 95.8 Å². The molecule has 1 saturated carbocycles. The lowest BCUT2D eigenvalue weighted by molar-refractivity contribution is 0.0768. The number of carbonyl (C=O) groups is 2. The molecule has 5 aromatic rings. The van der Waals surface area contributed by atoms with Crippen LogP contribution in [0.3, 0.4) is 0 Å². The van der Waals surface area contributed by atoms with Crippen LogP contribution in [0.2, 0.25) is 0 Å². The standard InChI is InChI=1S/C40H42FN3O5/c1-7-44(8-2)33-21-35-31(20-30(33)26-14-17-34(47-6)32(18-26)38(45)43-40(4)22-24(3)23-40)36(39(46)42-5)37(49-35)25-12-15-28(16-13-25)48-29-11-9-10-27(41)19-29/h9-21,24H,7-8,22-23H2,1-6H3,(H,42,46)(H,43,45). The van der Waals surface area contributed by atoms with Crippen molar-refractivity contribution in [1.29, 1.82) is 0 Å². The Hall–Kier alpha value is -5.31. The van der Waals surface area contributed by atoms with Crippen LogP contribution in [0.5, 0.6) is 17.2 Å². The molecule has 254 valence electrons. The van der Waals surface area contributed by atoms with E-state index in [0.717, 1.165) is 42.7 Å². The molecule has 8 nitrogen and oxygen atoms in total. The van der Waals surface area contributed by atoms with E-state index in [1.807, 2.05) is 42.5 Å². The molecule has 1 heterocycles. The van der Waals surface area contributed by atoms with Gasteiger partial charge < -0.3 is 29.4 Å². The first-order chi connectivity index (χ1) is 23.6. The molecule has 2 N–H and O–H groups in total. The van der Waals surface area contributed by atoms with Gasteiger partial charge in [-0.05, 0) is 99.7 Å². The van der Waals surface area contributed by atoms with Crippen molar-refractivity contribution in [2.75, 3.05) is 32.1 Å². The quantitative estimate of drug-likeness (QED) is 0.147. The summed E-state index contributed by atoms with van der Waals surface area (Å²) in [6.07, 6.45) is 1.86. The van der Waals surface area contributed by atoms with Gasteiger partial charge in [-0.3, -0.25) is 9.59 Å². The number of anilines is 1. The number of ether oxygens (including phenoxy) is 2. The number of nitrogens with one attached hydrogen (secondary N) is 2. The minimum atomic E-state index is -0.387. The molecule has 6 rings (SSSR count). The highest BCUT2D eigenvalue weighted by atomic mass is 19.1. The zero-order valence-electron chi connectivity index (χ0n) is 28.8. The summed E-state index contributed by atoms with van der Waals surface area (Å²) in [7, 11) is 3.15. The molecule has 0 bridgehead atoms. The maximum Gasteiger partial charge on any atom is 0.255 e. The van der Waals surface area contributed by atoms with Crippen LogP contribution in [0.25, 0.3) is 33.4 Å². The van der Waals surface area contributed by atoms with E-state index in [2.05, 4.69) is 43.2 Å². The van der Waals surface area contributed by atoms with Crippen LogP contribution >= 0.6 is 0 Å². The third kappa shape index (κ3) is 6.70. The fourth-order valence-corrected chi connectivity index (χ4v) is 7.06. The number of amides is 2. The number of furan rings is 1. The molecule has 0 saturated heterocycles. The molecule has 1 fully saturated rings. The number of fused-ring (bicyclic) bond motifs is 1. The lowest BCUT2D eigenvalue weighted by Gasteiger charge is -2.44. The van der Waals surface area contributed by atoms with Crippen LogP contribution in [0.15, 0.2) is 83.3 Å². The molecule has 9 heteroatoms. The molecule has 1 aliphatic carbocycles. The number of hydrogen-bond acceptors (Lipinski definition) is 6. The average Bonchev–Trinajstić information content (AvgIpc) is 3.46. The Balaban J connectivity index is 1.46. The van der Waals surface area contributed by atoms with Gasteiger partial charge >= 0.3 is 0 Å². The van der Waals surface area contributed by atoms with Crippen LogP contribution < -0.4 is 25.0 Å². The normalized spacial score (nSPS) is 16.9. The zero-order chi connectivity index (χ0) is 34.9. The van der Waals surface area contributed by atoms with Gasteiger partial charge in [0.15, 0.2) is 0 Å². The van der Waals surface area contributed by atoms with Gasteiger partial charge in [0.25, 0.3) is 11.8 Å². The number of rotatable bonds is 11. The molecule has 4 aromatic carbocycles. The van der Waals surface area contributed by atoms with E-state index in [4.69, 9.17) is 13.9 Å². The number of hydrogen-bond donors (Lipinski definition) is 2. The molecule has 1 aromatic heterocycles. The number of methoxy groups -OCH3 is 1. The Morgan fingerprint density at radius 1 is 0.939 bits per heavy atom. The largest absolute Gasteiger partial charge is 0.496 e. The second-order valence-electron chi connectivity index (χ2n) is 13.0. The van der Waals surface area contributed by atoms with Gasteiger partial charge in [-0.1, -0.05) is 19.1 Å². The summed E-state index contributed by atoms with van der Waals surface area (Å²) in [6, 6.07) is 22.6. The smallest absolute Gasteiger partial charge is 0.255 e. The Kier molecular flexibility index (Phi) is 9.37. The monoisotopic (exact) mass is 663 g/mol. The van der Waals surface area contributed by atoms with Crippen molar-refractivity contribution < 1.29 is 27.9 Å². The molecule has 1 aliphatic rings. The summed E-state index contributed by atoms with van der Waals surface area (Å²) in [5.74, 6) is 1.50. The second-order valence-corrected chi connectivity index (χ2v) is 13.0. The van der Waals surface area contributed by atoms with Crippen LogP contribution in [-0.4, -0.2) is 44.6 Å². The number of carbonyl (C=O) groups excluding carboxylic acids is 2. The molecule has 0 atom stereocenters. The highest BCUT2D eigenvalue weighted by Gasteiger charge is 2.39. The van der Waals surface area contributed by atoms with E-state index in [-0.39, 0.29) is 23.2 Å². The molecule has 0 spiro atoms. The first kappa shape index (κ1) is 33.6. The highest BCUT2D eigenvalue weighted by Crippen LogP contribution is 2.43. The third-order valence-corrected chi connectivity index (χ3v) is 9.28. The van der Waals surface area contributed by atoms with Crippen molar-refractivity contribution in [1.82, 2.24) is 10.6 Å². The first-order valence-electron chi connectivity index (χ1n) is 16.7. The van der Waals surface area contributed by atoms with Crippen LogP contribution in [0.4, 0.5) is 10.1 Å². The maximum absolute atomic E-state index is 13.7. The van der Waals surface area contributed by atoms with Gasteiger partial charge in [0, 0.05) is 60.0 Å². The van der Waals surface area contributed by atoms with Crippen molar-refractivity contribution in [3.63, 3.8) is 0 Å². The van der Waals surface area contributed by atoms with E-state index in [0.29, 0.717) is 56.6 Å². The van der Waals surface area contributed by atoms with Crippen molar-refractivity contribution in [2.45, 2.75) is 46.1 Å². The first-order valence-corrected chi connectivity index (χ1v) is 16.7. The van der Waals surface area contributed by atoms with Crippen LogP contribution in [0.1, 0.15) is 61.3 Å². The lowest BCUT2D eigenvalue weighted by atomic mass is 9.70. The predicted molar refractivity (Wildman–Crippen MR) is 191 cm³/mol. The Labute approximate surface area is 286 Å². The summed E-state index contributed by atoms with van der Waals surface area (Å²) < 4.78 is 31.6. The Morgan fingerprint density at radius 3 is 2.29 bits per heavy atom. The molecule has 0 radical (unpaired) electrons. The average molecular weight is 664 g/mol. The van der Waals surface area contributed by atoms with Gasteiger partial charge in [0.2, 0.25) is 0 Å². The molecule has 49 heavy (non-hydrogen) atoms. The van der Waals surface area contributed by atoms with Crippen molar-refractivity contribution in [2.24, 2.45) is 5.92 Å².